The average molecular weight is 239 g/mol. The Bertz CT molecular complexity index is 423. The number of rotatable bonds is 2. The molecule has 6 heteroatoms. The summed E-state index contributed by atoms with van der Waals surface area (Å²) in [6, 6.07) is 3.96. The number of hydrogen-bond donors (Lipinski definition) is 1. The highest BCUT2D eigenvalue weighted by Crippen LogP contribution is 2.12. The second-order valence-corrected chi connectivity index (χ2v) is 4.82. The van der Waals surface area contributed by atoms with Gasteiger partial charge in [-0.15, -0.1) is 16.4 Å². The van der Waals surface area contributed by atoms with Crippen molar-refractivity contribution in [1.82, 2.24) is 5.32 Å². The molecule has 1 aromatic heterocycles. The van der Waals surface area contributed by atoms with E-state index in [-0.39, 0.29) is 5.91 Å². The zero-order chi connectivity index (χ0) is 10.7. The summed E-state index contributed by atoms with van der Waals surface area (Å²) in [5, 5.41) is 13.2. The lowest BCUT2D eigenvalue weighted by atomic mass is 10.3. The first-order valence-electron chi connectivity index (χ1n) is 4.34. The topological polar surface area (TPSA) is 53.8 Å². The van der Waals surface area contributed by atoms with Gasteiger partial charge in [-0.2, -0.15) is 5.10 Å². The molecule has 0 aromatic carbocycles. The average Bonchev–Trinajstić information content (AvgIpc) is 2.84. The van der Waals surface area contributed by atoms with Crippen LogP contribution in [-0.2, 0) is 4.79 Å². The normalized spacial score (nSPS) is 19.7. The molecule has 0 unspecified atom stereocenters. The van der Waals surface area contributed by atoms with E-state index in [9.17, 15) is 4.79 Å². The summed E-state index contributed by atoms with van der Waals surface area (Å²) in [6.45, 7) is 1.90. The highest BCUT2D eigenvalue weighted by atomic mass is 32.2. The first-order chi connectivity index (χ1) is 7.25. The summed E-state index contributed by atoms with van der Waals surface area (Å²) in [6.07, 6.45) is 0. The Morgan fingerprint density at radius 3 is 3.07 bits per heavy atom. The molecule has 1 amide bonds. The van der Waals surface area contributed by atoms with E-state index in [1.807, 2.05) is 24.4 Å². The third-order valence-electron chi connectivity index (χ3n) is 1.75. The van der Waals surface area contributed by atoms with E-state index in [1.54, 1.807) is 11.3 Å². The molecule has 4 nitrogen and oxygen atoms in total. The van der Waals surface area contributed by atoms with Crippen molar-refractivity contribution in [3.63, 3.8) is 0 Å². The van der Waals surface area contributed by atoms with Crippen molar-refractivity contribution in [3.8, 4) is 0 Å². The monoisotopic (exact) mass is 239 g/mol. The van der Waals surface area contributed by atoms with Gasteiger partial charge in [-0.3, -0.25) is 4.79 Å². The Labute approximate surface area is 95.5 Å². The van der Waals surface area contributed by atoms with Crippen molar-refractivity contribution < 1.29 is 4.79 Å². The quantitative estimate of drug-likeness (QED) is 0.630. The van der Waals surface area contributed by atoms with Gasteiger partial charge in [-0.1, -0.05) is 17.8 Å². The number of hydrogen-bond acceptors (Lipinski definition) is 5. The van der Waals surface area contributed by atoms with Gasteiger partial charge in [0.25, 0.3) is 0 Å². The lowest BCUT2D eigenvalue weighted by Gasteiger charge is -1.93. The van der Waals surface area contributed by atoms with Crippen molar-refractivity contribution in [2.45, 2.75) is 6.92 Å². The second kappa shape index (κ2) is 4.59. The molecule has 0 aliphatic carbocycles. The van der Waals surface area contributed by atoms with Gasteiger partial charge in [0, 0.05) is 0 Å². The van der Waals surface area contributed by atoms with Crippen LogP contribution in [0.15, 0.2) is 27.7 Å². The minimum atomic E-state index is -0.0114. The van der Waals surface area contributed by atoms with Crippen molar-refractivity contribution >= 4 is 39.9 Å². The molecule has 78 valence electrons. The van der Waals surface area contributed by atoms with Gasteiger partial charge in [0.2, 0.25) is 5.91 Å². The van der Waals surface area contributed by atoms with Gasteiger partial charge in [0.1, 0.15) is 0 Å². The maximum absolute atomic E-state index is 10.9. The van der Waals surface area contributed by atoms with E-state index >= 15 is 0 Å². The maximum Gasteiger partial charge on any atom is 0.236 e. The number of nitrogens with one attached hydrogen (secondary N) is 1. The van der Waals surface area contributed by atoms with Crippen LogP contribution in [0.5, 0.6) is 0 Å². The first-order valence-corrected chi connectivity index (χ1v) is 6.21. The molecule has 0 bridgehead atoms. The third-order valence-corrected chi connectivity index (χ3v) is 3.60. The number of nitrogens with zero attached hydrogens (tertiary/aromatic N) is 2. The predicted octanol–water partition coefficient (Wildman–Crippen LogP) is 1.69. The maximum atomic E-state index is 10.9. The van der Waals surface area contributed by atoms with Crippen molar-refractivity contribution in [3.05, 3.63) is 22.4 Å². The molecule has 2 rings (SSSR count). The fourth-order valence-electron chi connectivity index (χ4n) is 1.03. The Kier molecular flexibility index (Phi) is 3.17. The molecule has 1 saturated heterocycles. The van der Waals surface area contributed by atoms with Crippen LogP contribution in [0, 0.1) is 0 Å². The lowest BCUT2D eigenvalue weighted by Crippen LogP contribution is -2.19. The number of thiophene rings is 1. The number of carbonyl (C=O) groups is 1. The van der Waals surface area contributed by atoms with Gasteiger partial charge in [-0.25, -0.2) is 0 Å². The number of carbonyl (C=O) groups excluding carboxylic acids is 1. The number of amidine groups is 1. The first kappa shape index (κ1) is 10.4. The Morgan fingerprint density at radius 2 is 2.47 bits per heavy atom. The molecule has 2 heterocycles. The molecule has 1 fully saturated rings. The van der Waals surface area contributed by atoms with Crippen LogP contribution < -0.4 is 5.32 Å². The summed E-state index contributed by atoms with van der Waals surface area (Å²) in [5.74, 6) is 0.426. The fourth-order valence-corrected chi connectivity index (χ4v) is 2.33. The van der Waals surface area contributed by atoms with Gasteiger partial charge in [0.15, 0.2) is 5.17 Å². The van der Waals surface area contributed by atoms with E-state index in [0.29, 0.717) is 10.9 Å². The third kappa shape index (κ3) is 2.66. The molecule has 0 radical (unpaired) electrons. The van der Waals surface area contributed by atoms with E-state index in [2.05, 4.69) is 15.5 Å². The van der Waals surface area contributed by atoms with Crippen molar-refractivity contribution in [2.24, 2.45) is 10.2 Å². The summed E-state index contributed by atoms with van der Waals surface area (Å²) in [7, 11) is 0. The molecule has 0 spiro atoms. The number of thioether (sulfide) groups is 1. The SMILES string of the molecule is CC(=NN=C1NC(=O)CS1)c1cccs1. The van der Waals surface area contributed by atoms with Gasteiger partial charge in [-0.05, 0) is 18.4 Å². The molecule has 1 aromatic rings. The Morgan fingerprint density at radius 1 is 1.60 bits per heavy atom. The molecular formula is C9H9N3OS2. The molecular weight excluding hydrogens is 230 g/mol. The summed E-state index contributed by atoms with van der Waals surface area (Å²) >= 11 is 3.00. The Balaban J connectivity index is 2.08. The summed E-state index contributed by atoms with van der Waals surface area (Å²) in [5.41, 5.74) is 0.860. The van der Waals surface area contributed by atoms with Crippen molar-refractivity contribution in [1.29, 1.82) is 0 Å². The fraction of sp³-hybridized carbons (Fsp3) is 0.222. The minimum absolute atomic E-state index is 0.0114. The van der Waals surface area contributed by atoms with Crippen LogP contribution in [0.2, 0.25) is 0 Å². The van der Waals surface area contributed by atoms with Crippen LogP contribution >= 0.6 is 23.1 Å². The molecule has 0 saturated carbocycles. The lowest BCUT2D eigenvalue weighted by molar-refractivity contribution is -0.116. The Hall–Kier alpha value is -1.14. The minimum Gasteiger partial charge on any atom is -0.303 e. The molecule has 1 aliphatic heterocycles. The summed E-state index contributed by atoms with van der Waals surface area (Å²) in [4.78, 5) is 12.0. The molecule has 0 atom stereocenters. The largest absolute Gasteiger partial charge is 0.303 e. The highest BCUT2D eigenvalue weighted by Gasteiger charge is 2.16. The second-order valence-electron chi connectivity index (χ2n) is 2.90. The zero-order valence-corrected chi connectivity index (χ0v) is 9.69. The van der Waals surface area contributed by atoms with Crippen LogP contribution in [0.4, 0.5) is 0 Å². The van der Waals surface area contributed by atoms with Gasteiger partial charge in [0.05, 0.1) is 16.3 Å². The molecule has 1 aliphatic rings. The van der Waals surface area contributed by atoms with E-state index in [0.717, 1.165) is 10.6 Å². The molecule has 1 N–H and O–H groups in total. The van der Waals surface area contributed by atoms with E-state index in [1.165, 1.54) is 11.8 Å². The highest BCUT2D eigenvalue weighted by molar-refractivity contribution is 8.15. The van der Waals surface area contributed by atoms with Gasteiger partial charge >= 0.3 is 0 Å². The van der Waals surface area contributed by atoms with Gasteiger partial charge < -0.3 is 5.32 Å². The van der Waals surface area contributed by atoms with Crippen LogP contribution in [0.25, 0.3) is 0 Å². The van der Waals surface area contributed by atoms with Crippen LogP contribution in [-0.4, -0.2) is 22.5 Å². The predicted molar refractivity (Wildman–Crippen MR) is 64.6 cm³/mol. The van der Waals surface area contributed by atoms with Crippen LogP contribution in [0.3, 0.4) is 0 Å². The van der Waals surface area contributed by atoms with Crippen molar-refractivity contribution in [2.75, 3.05) is 5.75 Å². The summed E-state index contributed by atoms with van der Waals surface area (Å²) < 4.78 is 0. The molecule has 15 heavy (non-hydrogen) atoms. The zero-order valence-electron chi connectivity index (χ0n) is 8.06. The van der Waals surface area contributed by atoms with Crippen LogP contribution in [0.1, 0.15) is 11.8 Å². The van der Waals surface area contributed by atoms with E-state index < -0.39 is 0 Å². The smallest absolute Gasteiger partial charge is 0.236 e. The number of amides is 1. The standard InChI is InChI=1S/C9H9N3OS2/c1-6(7-3-2-4-14-7)11-12-9-10-8(13)5-15-9/h2-4H,5H2,1H3,(H,10,12,13). The van der Waals surface area contributed by atoms with E-state index in [4.69, 9.17) is 0 Å².